The summed E-state index contributed by atoms with van der Waals surface area (Å²) in [5.74, 6) is 1.34. The lowest BCUT2D eigenvalue weighted by atomic mass is 10.1. The molecule has 1 aromatic carbocycles. The van der Waals surface area contributed by atoms with Crippen molar-refractivity contribution < 1.29 is 4.74 Å². The van der Waals surface area contributed by atoms with Gasteiger partial charge in [0, 0.05) is 5.38 Å². The SMILES string of the molecule is COc1ccc(C=NNc2nc(N)cs2)c(C)c1. The van der Waals surface area contributed by atoms with E-state index in [1.807, 2.05) is 25.1 Å². The third-order valence-electron chi connectivity index (χ3n) is 2.36. The zero-order valence-corrected chi connectivity index (χ0v) is 11.0. The van der Waals surface area contributed by atoms with E-state index in [-0.39, 0.29) is 0 Å². The van der Waals surface area contributed by atoms with E-state index in [4.69, 9.17) is 10.5 Å². The Morgan fingerprint density at radius 1 is 1.50 bits per heavy atom. The summed E-state index contributed by atoms with van der Waals surface area (Å²) in [4.78, 5) is 4.04. The molecule has 0 unspecified atom stereocenters. The summed E-state index contributed by atoms with van der Waals surface area (Å²) in [5, 5.41) is 6.55. The summed E-state index contributed by atoms with van der Waals surface area (Å²) in [5.41, 5.74) is 10.5. The van der Waals surface area contributed by atoms with E-state index in [0.717, 1.165) is 16.9 Å². The Kier molecular flexibility index (Phi) is 3.78. The highest BCUT2D eigenvalue weighted by Gasteiger charge is 1.98. The molecule has 5 nitrogen and oxygen atoms in total. The number of benzene rings is 1. The molecule has 0 atom stereocenters. The fraction of sp³-hybridized carbons (Fsp3) is 0.167. The molecule has 6 heteroatoms. The summed E-state index contributed by atoms with van der Waals surface area (Å²) in [7, 11) is 1.65. The lowest BCUT2D eigenvalue weighted by Crippen LogP contribution is -1.93. The maximum Gasteiger partial charge on any atom is 0.205 e. The van der Waals surface area contributed by atoms with Crippen LogP contribution >= 0.6 is 11.3 Å². The largest absolute Gasteiger partial charge is 0.497 e. The zero-order chi connectivity index (χ0) is 13.0. The fourth-order valence-corrected chi connectivity index (χ4v) is 1.96. The van der Waals surface area contributed by atoms with Crippen LogP contribution in [-0.2, 0) is 0 Å². The molecule has 1 aromatic heterocycles. The Hall–Kier alpha value is -2.08. The highest BCUT2D eigenvalue weighted by molar-refractivity contribution is 7.14. The Bertz CT molecular complexity index is 565. The van der Waals surface area contributed by atoms with Crippen molar-refractivity contribution in [3.8, 4) is 5.75 Å². The zero-order valence-electron chi connectivity index (χ0n) is 10.2. The molecule has 2 rings (SSSR count). The number of nitrogen functional groups attached to an aromatic ring is 1. The summed E-state index contributed by atoms with van der Waals surface area (Å²) in [6.07, 6.45) is 1.74. The van der Waals surface area contributed by atoms with Crippen LogP contribution < -0.4 is 15.9 Å². The fourth-order valence-electron chi connectivity index (χ4n) is 1.41. The number of anilines is 2. The van der Waals surface area contributed by atoms with Crippen molar-refractivity contribution in [1.29, 1.82) is 0 Å². The minimum Gasteiger partial charge on any atom is -0.497 e. The molecule has 0 aliphatic heterocycles. The normalized spacial score (nSPS) is 10.8. The van der Waals surface area contributed by atoms with E-state index in [1.54, 1.807) is 18.7 Å². The van der Waals surface area contributed by atoms with Gasteiger partial charge in [-0.1, -0.05) is 0 Å². The molecule has 1 heterocycles. The highest BCUT2D eigenvalue weighted by Crippen LogP contribution is 2.17. The molecule has 18 heavy (non-hydrogen) atoms. The number of aromatic nitrogens is 1. The molecule has 0 bridgehead atoms. The topological polar surface area (TPSA) is 72.5 Å². The predicted molar refractivity (Wildman–Crippen MR) is 75.5 cm³/mol. The lowest BCUT2D eigenvalue weighted by molar-refractivity contribution is 0.414. The second kappa shape index (κ2) is 5.50. The van der Waals surface area contributed by atoms with Crippen molar-refractivity contribution in [3.63, 3.8) is 0 Å². The number of hydrogen-bond acceptors (Lipinski definition) is 6. The van der Waals surface area contributed by atoms with Gasteiger partial charge in [0.05, 0.1) is 13.3 Å². The average Bonchev–Trinajstić information content (AvgIpc) is 2.77. The van der Waals surface area contributed by atoms with Gasteiger partial charge in [-0.2, -0.15) is 5.10 Å². The Balaban J connectivity index is 2.05. The van der Waals surface area contributed by atoms with Crippen molar-refractivity contribution in [2.45, 2.75) is 6.92 Å². The van der Waals surface area contributed by atoms with Crippen LogP contribution in [0.5, 0.6) is 5.75 Å². The summed E-state index contributed by atoms with van der Waals surface area (Å²) in [6, 6.07) is 5.81. The van der Waals surface area contributed by atoms with Crippen LogP contribution in [0.4, 0.5) is 10.9 Å². The summed E-state index contributed by atoms with van der Waals surface area (Å²) >= 11 is 1.41. The quantitative estimate of drug-likeness (QED) is 0.656. The van der Waals surface area contributed by atoms with E-state index in [9.17, 15) is 0 Å². The first-order valence-electron chi connectivity index (χ1n) is 5.34. The van der Waals surface area contributed by atoms with Crippen molar-refractivity contribution in [2.75, 3.05) is 18.3 Å². The maximum atomic E-state index is 5.51. The first-order chi connectivity index (χ1) is 8.69. The Morgan fingerprint density at radius 3 is 2.94 bits per heavy atom. The number of methoxy groups -OCH3 is 1. The standard InChI is InChI=1S/C12H14N4OS/c1-8-5-10(17-2)4-3-9(8)6-14-16-12-15-11(13)7-18-12/h3-7H,13H2,1-2H3,(H,15,16). The minimum atomic E-state index is 0.498. The Labute approximate surface area is 109 Å². The van der Waals surface area contributed by atoms with Crippen LogP contribution in [0.2, 0.25) is 0 Å². The molecule has 0 aliphatic rings. The number of ether oxygens (including phenoxy) is 1. The first kappa shape index (κ1) is 12.4. The summed E-state index contributed by atoms with van der Waals surface area (Å²) < 4.78 is 5.14. The van der Waals surface area contributed by atoms with Crippen LogP contribution in [0, 0.1) is 6.92 Å². The van der Waals surface area contributed by atoms with Crippen LogP contribution in [0.25, 0.3) is 0 Å². The van der Waals surface area contributed by atoms with Gasteiger partial charge in [0.15, 0.2) is 0 Å². The third kappa shape index (κ3) is 2.98. The second-order valence-corrected chi connectivity index (χ2v) is 4.53. The van der Waals surface area contributed by atoms with E-state index < -0.39 is 0 Å². The molecule has 0 radical (unpaired) electrons. The van der Waals surface area contributed by atoms with Gasteiger partial charge in [0.1, 0.15) is 11.6 Å². The molecule has 0 spiro atoms. The molecule has 2 aromatic rings. The van der Waals surface area contributed by atoms with Crippen LogP contribution in [0.1, 0.15) is 11.1 Å². The van der Waals surface area contributed by atoms with Gasteiger partial charge in [0.25, 0.3) is 0 Å². The number of hydrazone groups is 1. The third-order valence-corrected chi connectivity index (χ3v) is 3.13. The second-order valence-electron chi connectivity index (χ2n) is 3.67. The Morgan fingerprint density at radius 2 is 2.33 bits per heavy atom. The smallest absolute Gasteiger partial charge is 0.205 e. The van der Waals surface area contributed by atoms with Gasteiger partial charge >= 0.3 is 0 Å². The maximum absolute atomic E-state index is 5.51. The first-order valence-corrected chi connectivity index (χ1v) is 6.21. The molecule has 0 aliphatic carbocycles. The van der Waals surface area contributed by atoms with E-state index in [0.29, 0.717) is 10.9 Å². The van der Waals surface area contributed by atoms with Crippen molar-refractivity contribution >= 4 is 28.5 Å². The number of nitrogens with two attached hydrogens (primary N) is 1. The van der Waals surface area contributed by atoms with Gasteiger partial charge in [-0.25, -0.2) is 4.98 Å². The summed E-state index contributed by atoms with van der Waals surface area (Å²) in [6.45, 7) is 2.01. The number of thiazole rings is 1. The van der Waals surface area contributed by atoms with Crippen molar-refractivity contribution in [2.24, 2.45) is 5.10 Å². The van der Waals surface area contributed by atoms with Gasteiger partial charge in [-0.15, -0.1) is 11.3 Å². The van der Waals surface area contributed by atoms with Gasteiger partial charge in [-0.3, -0.25) is 5.43 Å². The molecule has 94 valence electrons. The van der Waals surface area contributed by atoms with E-state index in [2.05, 4.69) is 15.5 Å². The number of nitrogens with zero attached hydrogens (tertiary/aromatic N) is 2. The minimum absolute atomic E-state index is 0.498. The number of rotatable bonds is 4. The lowest BCUT2D eigenvalue weighted by Gasteiger charge is -2.03. The monoisotopic (exact) mass is 262 g/mol. The molecule has 0 fully saturated rings. The number of aryl methyl sites for hydroxylation is 1. The van der Waals surface area contributed by atoms with Crippen LogP contribution in [0.3, 0.4) is 0 Å². The van der Waals surface area contributed by atoms with Crippen molar-refractivity contribution in [1.82, 2.24) is 4.98 Å². The molecule has 0 saturated carbocycles. The van der Waals surface area contributed by atoms with Crippen LogP contribution in [0.15, 0.2) is 28.7 Å². The van der Waals surface area contributed by atoms with E-state index >= 15 is 0 Å². The van der Waals surface area contributed by atoms with Crippen molar-refractivity contribution in [3.05, 3.63) is 34.7 Å². The van der Waals surface area contributed by atoms with Crippen LogP contribution in [-0.4, -0.2) is 18.3 Å². The molecule has 3 N–H and O–H groups in total. The molecular weight excluding hydrogens is 248 g/mol. The van der Waals surface area contributed by atoms with E-state index in [1.165, 1.54) is 11.3 Å². The molecular formula is C12H14N4OS. The number of nitrogens with one attached hydrogen (secondary N) is 1. The van der Waals surface area contributed by atoms with Gasteiger partial charge in [0.2, 0.25) is 5.13 Å². The predicted octanol–water partition coefficient (Wildman–Crippen LogP) is 2.49. The number of hydrogen-bond donors (Lipinski definition) is 2. The average molecular weight is 262 g/mol. The van der Waals surface area contributed by atoms with Gasteiger partial charge in [-0.05, 0) is 36.2 Å². The highest BCUT2D eigenvalue weighted by atomic mass is 32.1. The molecule has 0 amide bonds. The molecule has 0 saturated heterocycles. The van der Waals surface area contributed by atoms with Gasteiger partial charge < -0.3 is 10.5 Å².